The number of halogens is 1. The number of nitrogens with zero attached hydrogens (tertiary/aromatic N) is 2. The zero-order chi connectivity index (χ0) is 21.7. The van der Waals surface area contributed by atoms with Crippen molar-refractivity contribution in [1.82, 2.24) is 15.5 Å². The summed E-state index contributed by atoms with van der Waals surface area (Å²) in [5.41, 5.74) is 1.26. The van der Waals surface area contributed by atoms with Crippen LogP contribution >= 0.6 is 24.0 Å². The predicted octanol–water partition coefficient (Wildman–Crippen LogP) is 2.29. The van der Waals surface area contributed by atoms with E-state index < -0.39 is 0 Å². The molecule has 0 bridgehead atoms. The van der Waals surface area contributed by atoms with Gasteiger partial charge in [0.1, 0.15) is 5.75 Å². The van der Waals surface area contributed by atoms with E-state index in [0.29, 0.717) is 5.92 Å². The van der Waals surface area contributed by atoms with E-state index in [1.807, 2.05) is 19.2 Å². The molecule has 0 aromatic heterocycles. The van der Waals surface area contributed by atoms with Gasteiger partial charge in [-0.15, -0.1) is 24.0 Å². The zero-order valence-electron chi connectivity index (χ0n) is 19.4. The molecule has 0 amide bonds. The Morgan fingerprint density at radius 3 is 2.59 bits per heavy atom. The van der Waals surface area contributed by atoms with Crippen molar-refractivity contribution in [2.45, 2.75) is 18.9 Å². The van der Waals surface area contributed by atoms with Gasteiger partial charge < -0.3 is 29.6 Å². The number of methoxy groups -OCH3 is 1. The molecule has 2 fully saturated rings. The minimum atomic E-state index is 0. The second kappa shape index (κ2) is 15.7. The number of hydrogen-bond acceptors (Lipinski definition) is 6. The number of benzene rings is 1. The molecular formula is C23H39IN4O4. The normalized spacial score (nSPS) is 20.4. The van der Waals surface area contributed by atoms with Gasteiger partial charge in [-0.1, -0.05) is 12.1 Å². The molecule has 2 atom stereocenters. The maximum absolute atomic E-state index is 5.78. The van der Waals surface area contributed by atoms with Gasteiger partial charge in [-0.3, -0.25) is 9.89 Å². The number of nitrogens with one attached hydrogen (secondary N) is 2. The van der Waals surface area contributed by atoms with Gasteiger partial charge in [0.15, 0.2) is 5.96 Å². The van der Waals surface area contributed by atoms with E-state index in [-0.39, 0.29) is 30.0 Å². The first-order valence-electron chi connectivity index (χ1n) is 11.4. The molecule has 2 N–H and O–H groups in total. The average Bonchev–Trinajstić information content (AvgIpc) is 3.34. The van der Waals surface area contributed by atoms with Crippen molar-refractivity contribution in [3.8, 4) is 5.75 Å². The molecule has 2 saturated heterocycles. The van der Waals surface area contributed by atoms with Crippen LogP contribution in [0.15, 0.2) is 29.3 Å². The summed E-state index contributed by atoms with van der Waals surface area (Å²) >= 11 is 0. The lowest BCUT2D eigenvalue weighted by Crippen LogP contribution is -2.46. The Labute approximate surface area is 209 Å². The molecule has 0 spiro atoms. The summed E-state index contributed by atoms with van der Waals surface area (Å²) in [4.78, 5) is 6.85. The van der Waals surface area contributed by atoms with Crippen LogP contribution in [0.1, 0.15) is 24.4 Å². The van der Waals surface area contributed by atoms with E-state index in [2.05, 4.69) is 32.7 Å². The van der Waals surface area contributed by atoms with E-state index in [4.69, 9.17) is 18.9 Å². The van der Waals surface area contributed by atoms with Gasteiger partial charge in [-0.25, -0.2) is 0 Å². The topological polar surface area (TPSA) is 76.6 Å². The highest BCUT2D eigenvalue weighted by molar-refractivity contribution is 14.0. The van der Waals surface area contributed by atoms with Crippen LogP contribution in [0.4, 0.5) is 0 Å². The van der Waals surface area contributed by atoms with E-state index in [0.717, 1.165) is 90.4 Å². The summed E-state index contributed by atoms with van der Waals surface area (Å²) in [6, 6.07) is 8.57. The standard InChI is InChI=1S/C23H38N4O4.HI/c1-24-23(25-9-3-12-30-17-19-8-13-31-18-19)26-16-22(27-10-14-29-15-11-27)20-4-6-21(28-2)7-5-20;/h4-7,19,22H,3,8-18H2,1-2H3,(H2,24,25,26);1H. The Morgan fingerprint density at radius 1 is 1.16 bits per heavy atom. The zero-order valence-corrected chi connectivity index (χ0v) is 21.7. The maximum atomic E-state index is 5.78. The molecule has 1 aromatic rings. The molecule has 1 aromatic carbocycles. The first kappa shape index (κ1) is 27.1. The Morgan fingerprint density at radius 2 is 1.94 bits per heavy atom. The van der Waals surface area contributed by atoms with Crippen molar-refractivity contribution in [2.24, 2.45) is 10.9 Å². The third-order valence-corrected chi connectivity index (χ3v) is 5.81. The van der Waals surface area contributed by atoms with E-state index in [1.54, 1.807) is 7.11 Å². The lowest BCUT2D eigenvalue weighted by atomic mass is 10.0. The highest BCUT2D eigenvalue weighted by Crippen LogP contribution is 2.23. The van der Waals surface area contributed by atoms with Gasteiger partial charge in [0.25, 0.3) is 0 Å². The first-order chi connectivity index (χ1) is 15.3. The summed E-state index contributed by atoms with van der Waals surface area (Å²) < 4.78 is 22.0. The van der Waals surface area contributed by atoms with Crippen molar-refractivity contribution in [3.63, 3.8) is 0 Å². The maximum Gasteiger partial charge on any atom is 0.191 e. The molecule has 2 unspecified atom stereocenters. The van der Waals surface area contributed by atoms with Crippen LogP contribution in [-0.2, 0) is 14.2 Å². The third-order valence-electron chi connectivity index (χ3n) is 5.81. The molecule has 2 aliphatic heterocycles. The molecule has 182 valence electrons. The van der Waals surface area contributed by atoms with Crippen LogP contribution in [0.3, 0.4) is 0 Å². The number of ether oxygens (including phenoxy) is 4. The van der Waals surface area contributed by atoms with E-state index in [1.165, 1.54) is 5.56 Å². The van der Waals surface area contributed by atoms with Crippen LogP contribution < -0.4 is 15.4 Å². The molecule has 3 rings (SSSR count). The Hall–Kier alpha value is -1.14. The molecule has 32 heavy (non-hydrogen) atoms. The fourth-order valence-electron chi connectivity index (χ4n) is 3.93. The number of morpholine rings is 1. The van der Waals surface area contributed by atoms with Gasteiger partial charge in [0, 0.05) is 52.4 Å². The summed E-state index contributed by atoms with van der Waals surface area (Å²) in [5, 5.41) is 6.89. The van der Waals surface area contributed by atoms with Crippen molar-refractivity contribution in [1.29, 1.82) is 0 Å². The summed E-state index contributed by atoms with van der Waals surface area (Å²) in [6.07, 6.45) is 2.06. The molecule has 2 heterocycles. The molecule has 0 radical (unpaired) electrons. The van der Waals surface area contributed by atoms with Crippen molar-refractivity contribution in [2.75, 3.05) is 80.0 Å². The first-order valence-corrected chi connectivity index (χ1v) is 11.4. The Kier molecular flexibility index (Phi) is 13.3. The summed E-state index contributed by atoms with van der Waals surface area (Å²) in [5.74, 6) is 2.26. The van der Waals surface area contributed by atoms with Crippen LogP contribution in [0.25, 0.3) is 0 Å². The highest BCUT2D eigenvalue weighted by atomic mass is 127. The molecule has 2 aliphatic rings. The van der Waals surface area contributed by atoms with E-state index >= 15 is 0 Å². The smallest absolute Gasteiger partial charge is 0.191 e. The van der Waals surface area contributed by atoms with Gasteiger partial charge in [0.05, 0.1) is 39.6 Å². The van der Waals surface area contributed by atoms with Crippen LogP contribution in [0, 0.1) is 5.92 Å². The number of aliphatic imine (C=N–C) groups is 1. The monoisotopic (exact) mass is 562 g/mol. The second-order valence-electron chi connectivity index (χ2n) is 7.98. The predicted molar refractivity (Wildman–Crippen MR) is 137 cm³/mol. The molecular weight excluding hydrogens is 523 g/mol. The van der Waals surface area contributed by atoms with Gasteiger partial charge in [-0.2, -0.15) is 0 Å². The molecule has 9 heteroatoms. The van der Waals surface area contributed by atoms with Crippen molar-refractivity contribution < 1.29 is 18.9 Å². The van der Waals surface area contributed by atoms with E-state index in [9.17, 15) is 0 Å². The minimum Gasteiger partial charge on any atom is -0.497 e. The number of rotatable bonds is 11. The second-order valence-corrected chi connectivity index (χ2v) is 7.98. The summed E-state index contributed by atoms with van der Waals surface area (Å²) in [7, 11) is 3.50. The third kappa shape index (κ3) is 9.01. The van der Waals surface area contributed by atoms with Gasteiger partial charge in [0.2, 0.25) is 0 Å². The average molecular weight is 562 g/mol. The lowest BCUT2D eigenvalue weighted by Gasteiger charge is -2.35. The minimum absolute atomic E-state index is 0. The summed E-state index contributed by atoms with van der Waals surface area (Å²) in [6.45, 7) is 8.25. The largest absolute Gasteiger partial charge is 0.497 e. The van der Waals surface area contributed by atoms with Crippen LogP contribution in [-0.4, -0.2) is 90.8 Å². The Balaban J connectivity index is 0.00000363. The van der Waals surface area contributed by atoms with Crippen molar-refractivity contribution in [3.05, 3.63) is 29.8 Å². The van der Waals surface area contributed by atoms with Gasteiger partial charge >= 0.3 is 0 Å². The fraction of sp³-hybridized carbons (Fsp3) is 0.696. The molecule has 0 aliphatic carbocycles. The number of guanidine groups is 1. The van der Waals surface area contributed by atoms with Crippen molar-refractivity contribution >= 4 is 29.9 Å². The van der Waals surface area contributed by atoms with Gasteiger partial charge in [-0.05, 0) is 30.5 Å². The molecule has 0 saturated carbocycles. The van der Waals surface area contributed by atoms with Crippen LogP contribution in [0.5, 0.6) is 5.75 Å². The molecule has 8 nitrogen and oxygen atoms in total. The Bertz CT molecular complexity index is 650. The quantitative estimate of drug-likeness (QED) is 0.186. The number of hydrogen-bond donors (Lipinski definition) is 2. The SMILES string of the molecule is CN=C(NCCCOCC1CCOC1)NCC(c1ccc(OC)cc1)N1CCOCC1.I. The highest BCUT2D eigenvalue weighted by Gasteiger charge is 2.23. The van der Waals surface area contributed by atoms with Crippen LogP contribution in [0.2, 0.25) is 0 Å². The lowest BCUT2D eigenvalue weighted by molar-refractivity contribution is 0.0170. The fourth-order valence-corrected chi connectivity index (χ4v) is 3.93.